The van der Waals surface area contributed by atoms with Gasteiger partial charge in [0.05, 0.1) is 24.2 Å². The second kappa shape index (κ2) is 5.46. The van der Waals surface area contributed by atoms with Crippen LogP contribution in [0.15, 0.2) is 12.3 Å². The van der Waals surface area contributed by atoms with Gasteiger partial charge in [0.1, 0.15) is 11.0 Å². The van der Waals surface area contributed by atoms with Gasteiger partial charge in [0.2, 0.25) is 0 Å². The van der Waals surface area contributed by atoms with E-state index in [1.165, 1.54) is 0 Å². The minimum absolute atomic E-state index is 0.302. The third-order valence-electron chi connectivity index (χ3n) is 4.33. The van der Waals surface area contributed by atoms with Crippen LogP contribution in [0.2, 0.25) is 5.15 Å². The highest BCUT2D eigenvalue weighted by atomic mass is 35.5. The van der Waals surface area contributed by atoms with Crippen molar-refractivity contribution in [3.8, 4) is 0 Å². The molecule has 3 heterocycles. The van der Waals surface area contributed by atoms with E-state index in [1.807, 2.05) is 0 Å². The predicted molar refractivity (Wildman–Crippen MR) is 84.3 cm³/mol. The topological polar surface area (TPSA) is 61.2 Å². The second-order valence-corrected chi connectivity index (χ2v) is 6.59. The van der Waals surface area contributed by atoms with E-state index < -0.39 is 0 Å². The summed E-state index contributed by atoms with van der Waals surface area (Å²) in [5.74, 6) is 0.516. The minimum atomic E-state index is 0.302. The molecule has 2 aliphatic heterocycles. The first-order valence-electron chi connectivity index (χ1n) is 7.37. The number of hydrogen-bond donors (Lipinski definition) is 2. The average Bonchev–Trinajstić information content (AvgIpc) is 2.35. The van der Waals surface area contributed by atoms with Gasteiger partial charge in [-0.15, -0.1) is 0 Å². The second-order valence-electron chi connectivity index (χ2n) is 6.20. The molecule has 114 valence electrons. The Morgan fingerprint density at radius 1 is 1.57 bits per heavy atom. The predicted octanol–water partition coefficient (Wildman–Crippen LogP) is 2.60. The van der Waals surface area contributed by atoms with Crippen LogP contribution in [0.3, 0.4) is 0 Å². The number of nitrogens with one attached hydrogen (secondary N) is 2. The van der Waals surface area contributed by atoms with E-state index in [4.69, 9.17) is 21.7 Å². The van der Waals surface area contributed by atoms with Gasteiger partial charge in [-0.1, -0.05) is 18.5 Å². The zero-order valence-corrected chi connectivity index (χ0v) is 13.2. The molecule has 0 bridgehead atoms. The fraction of sp³-hybridized carbons (Fsp3) is 0.600. The summed E-state index contributed by atoms with van der Waals surface area (Å²) in [5, 5.41) is 12.3. The van der Waals surface area contributed by atoms with Crippen molar-refractivity contribution >= 4 is 23.1 Å². The number of rotatable bonds is 4. The van der Waals surface area contributed by atoms with Gasteiger partial charge in [0, 0.05) is 31.0 Å². The standard InChI is InChI=1S/C15H21ClN4O/c1-3-10(2)19-12-4-13(16)18-5-11(12)14(17)20-6-15(7-20)8-21-9-15/h4-5,10,17H,3,6-9H2,1-2H3,(H,18,19). The lowest BCUT2D eigenvalue weighted by Gasteiger charge is -2.55. The maximum absolute atomic E-state index is 8.44. The molecule has 2 saturated heterocycles. The smallest absolute Gasteiger partial charge is 0.131 e. The lowest BCUT2D eigenvalue weighted by atomic mass is 9.77. The zero-order valence-electron chi connectivity index (χ0n) is 12.4. The first-order chi connectivity index (χ1) is 10.0. The summed E-state index contributed by atoms with van der Waals surface area (Å²) in [6.45, 7) is 7.70. The summed E-state index contributed by atoms with van der Waals surface area (Å²) in [4.78, 5) is 6.22. The van der Waals surface area contributed by atoms with Crippen molar-refractivity contribution in [2.75, 3.05) is 31.6 Å². The molecule has 1 atom stereocenters. The van der Waals surface area contributed by atoms with E-state index in [2.05, 4.69) is 29.0 Å². The van der Waals surface area contributed by atoms with Gasteiger partial charge in [-0.25, -0.2) is 4.98 Å². The Bertz CT molecular complexity index is 551. The molecule has 2 fully saturated rings. The molecule has 0 aliphatic carbocycles. The summed E-state index contributed by atoms with van der Waals surface area (Å²) in [7, 11) is 0. The Hall–Kier alpha value is -1.33. The molecule has 6 heteroatoms. The summed E-state index contributed by atoms with van der Waals surface area (Å²) in [6, 6.07) is 2.14. The maximum atomic E-state index is 8.44. The van der Waals surface area contributed by atoms with Gasteiger partial charge in [0.25, 0.3) is 0 Å². The molecule has 2 N–H and O–H groups in total. The maximum Gasteiger partial charge on any atom is 0.131 e. The molecule has 3 rings (SSSR count). The molecule has 1 spiro atoms. The molecule has 0 amide bonds. The molecule has 21 heavy (non-hydrogen) atoms. The Kier molecular flexibility index (Phi) is 3.80. The number of ether oxygens (including phenoxy) is 1. The van der Waals surface area contributed by atoms with E-state index in [-0.39, 0.29) is 0 Å². The fourth-order valence-corrected chi connectivity index (χ4v) is 2.93. The Labute approximate surface area is 130 Å². The highest BCUT2D eigenvalue weighted by Crippen LogP contribution is 2.38. The van der Waals surface area contributed by atoms with Crippen molar-refractivity contribution in [3.63, 3.8) is 0 Å². The average molecular weight is 309 g/mol. The van der Waals surface area contributed by atoms with Crippen LogP contribution in [-0.4, -0.2) is 48.1 Å². The number of halogens is 1. The quantitative estimate of drug-likeness (QED) is 0.510. The molecule has 2 aliphatic rings. The van der Waals surface area contributed by atoms with Gasteiger partial charge in [-0.3, -0.25) is 5.41 Å². The minimum Gasteiger partial charge on any atom is -0.382 e. The Balaban J connectivity index is 1.76. The van der Waals surface area contributed by atoms with Gasteiger partial charge in [-0.05, 0) is 19.4 Å². The number of pyridine rings is 1. The molecule has 1 unspecified atom stereocenters. The van der Waals surface area contributed by atoms with Crippen molar-refractivity contribution < 1.29 is 4.74 Å². The first kappa shape index (κ1) is 14.6. The molecule has 0 radical (unpaired) electrons. The summed E-state index contributed by atoms with van der Waals surface area (Å²) >= 11 is 6.00. The third-order valence-corrected chi connectivity index (χ3v) is 4.53. The van der Waals surface area contributed by atoms with Crippen molar-refractivity contribution in [1.82, 2.24) is 9.88 Å². The molecule has 1 aromatic heterocycles. The van der Waals surface area contributed by atoms with E-state index in [9.17, 15) is 0 Å². The number of nitrogens with zero attached hydrogens (tertiary/aromatic N) is 2. The normalized spacial score (nSPS) is 20.6. The molecule has 5 nitrogen and oxygen atoms in total. The van der Waals surface area contributed by atoms with Crippen molar-refractivity contribution in [1.29, 1.82) is 5.41 Å². The summed E-state index contributed by atoms with van der Waals surface area (Å²) in [5.41, 5.74) is 2.01. The highest BCUT2D eigenvalue weighted by molar-refractivity contribution is 6.29. The van der Waals surface area contributed by atoms with Crippen molar-refractivity contribution in [3.05, 3.63) is 23.0 Å². The van der Waals surface area contributed by atoms with E-state index in [0.29, 0.717) is 22.4 Å². The molecular formula is C15H21ClN4O. The lowest BCUT2D eigenvalue weighted by molar-refractivity contribution is -0.171. The van der Waals surface area contributed by atoms with Crippen molar-refractivity contribution in [2.24, 2.45) is 5.41 Å². The summed E-state index contributed by atoms with van der Waals surface area (Å²) < 4.78 is 5.28. The lowest BCUT2D eigenvalue weighted by Crippen LogP contribution is -2.67. The van der Waals surface area contributed by atoms with Gasteiger partial charge < -0.3 is 15.0 Å². The Morgan fingerprint density at radius 3 is 2.86 bits per heavy atom. The van der Waals surface area contributed by atoms with Crippen LogP contribution >= 0.6 is 11.6 Å². The number of hydrogen-bond acceptors (Lipinski definition) is 4. The van der Waals surface area contributed by atoms with Crippen LogP contribution in [0, 0.1) is 10.8 Å². The molecular weight excluding hydrogens is 288 g/mol. The molecule has 1 aromatic rings. The van der Waals surface area contributed by atoms with Crippen LogP contribution in [0.4, 0.5) is 5.69 Å². The number of aromatic nitrogens is 1. The molecule has 0 saturated carbocycles. The van der Waals surface area contributed by atoms with Gasteiger partial charge in [-0.2, -0.15) is 0 Å². The third kappa shape index (κ3) is 2.72. The zero-order chi connectivity index (χ0) is 15.0. The summed E-state index contributed by atoms with van der Waals surface area (Å²) in [6.07, 6.45) is 2.70. The highest BCUT2D eigenvalue weighted by Gasteiger charge is 2.50. The number of anilines is 1. The van der Waals surface area contributed by atoms with Gasteiger partial charge in [0.15, 0.2) is 0 Å². The molecule has 0 aromatic carbocycles. The van der Waals surface area contributed by atoms with Crippen LogP contribution in [0.25, 0.3) is 0 Å². The fourth-order valence-electron chi connectivity index (χ4n) is 2.77. The monoisotopic (exact) mass is 308 g/mol. The largest absolute Gasteiger partial charge is 0.382 e. The van der Waals surface area contributed by atoms with Crippen molar-refractivity contribution in [2.45, 2.75) is 26.3 Å². The van der Waals surface area contributed by atoms with E-state index in [1.54, 1.807) is 12.3 Å². The van der Waals surface area contributed by atoms with E-state index in [0.717, 1.165) is 44.0 Å². The van der Waals surface area contributed by atoms with Gasteiger partial charge >= 0.3 is 0 Å². The Morgan fingerprint density at radius 2 is 2.29 bits per heavy atom. The van der Waals surface area contributed by atoms with Crippen LogP contribution < -0.4 is 5.32 Å². The van der Waals surface area contributed by atoms with E-state index >= 15 is 0 Å². The number of amidine groups is 1. The van der Waals surface area contributed by atoms with Crippen LogP contribution in [-0.2, 0) is 4.74 Å². The SMILES string of the molecule is CCC(C)Nc1cc(Cl)ncc1C(=N)N1CC2(COC2)C1. The first-order valence-corrected chi connectivity index (χ1v) is 7.74. The number of likely N-dealkylation sites (tertiary alicyclic amines) is 1. The van der Waals surface area contributed by atoms with Crippen LogP contribution in [0.5, 0.6) is 0 Å². The van der Waals surface area contributed by atoms with Crippen LogP contribution in [0.1, 0.15) is 25.8 Å².